The van der Waals surface area contributed by atoms with Crippen LogP contribution in [0, 0.1) is 5.92 Å². The Morgan fingerprint density at radius 1 is 1.10 bits per heavy atom. The van der Waals surface area contributed by atoms with Gasteiger partial charge in [-0.3, -0.25) is 9.52 Å². The minimum atomic E-state index is -3.61. The van der Waals surface area contributed by atoms with E-state index in [1.807, 2.05) is 19.9 Å². The van der Waals surface area contributed by atoms with Gasteiger partial charge in [-0.15, -0.1) is 0 Å². The van der Waals surface area contributed by atoms with Crippen molar-refractivity contribution in [3.63, 3.8) is 0 Å². The van der Waals surface area contributed by atoms with Crippen molar-refractivity contribution in [1.82, 2.24) is 15.0 Å². The van der Waals surface area contributed by atoms with Crippen LogP contribution in [0.3, 0.4) is 0 Å². The van der Waals surface area contributed by atoms with Crippen LogP contribution in [0.25, 0.3) is 0 Å². The molecule has 2 aromatic rings. The molecule has 30 heavy (non-hydrogen) atoms. The highest BCUT2D eigenvalue weighted by Crippen LogP contribution is 2.25. The average Bonchev–Trinajstić information content (AvgIpc) is 2.65. The van der Waals surface area contributed by atoms with Crippen LogP contribution in [0.2, 0.25) is 0 Å². The second-order valence-electron chi connectivity index (χ2n) is 7.28. The lowest BCUT2D eigenvalue weighted by molar-refractivity contribution is 0.0994. The van der Waals surface area contributed by atoms with Crippen molar-refractivity contribution >= 4 is 39.5 Å². The zero-order chi connectivity index (χ0) is 22.3. The molecule has 0 bridgehead atoms. The van der Waals surface area contributed by atoms with Gasteiger partial charge in [-0.1, -0.05) is 55.9 Å². The van der Waals surface area contributed by atoms with E-state index in [4.69, 9.17) is 0 Å². The molecule has 0 saturated carbocycles. The van der Waals surface area contributed by atoms with Crippen LogP contribution in [-0.4, -0.2) is 58.4 Å². The van der Waals surface area contributed by atoms with Gasteiger partial charge in [0, 0.05) is 5.56 Å². The van der Waals surface area contributed by atoms with Crippen molar-refractivity contribution in [1.29, 1.82) is 0 Å². The first kappa shape index (κ1) is 24.0. The predicted molar refractivity (Wildman–Crippen MR) is 118 cm³/mol. The van der Waals surface area contributed by atoms with E-state index in [-0.39, 0.29) is 35.5 Å². The number of anilines is 2. The third-order valence-electron chi connectivity index (χ3n) is 3.91. The van der Waals surface area contributed by atoms with Crippen LogP contribution in [0.5, 0.6) is 0 Å². The maximum atomic E-state index is 12.6. The summed E-state index contributed by atoms with van der Waals surface area (Å²) in [6, 6.07) is 8.55. The smallest absolute Gasteiger partial charge is 0.242 e. The van der Waals surface area contributed by atoms with Gasteiger partial charge in [0.1, 0.15) is 0 Å². The fraction of sp³-hybridized carbons (Fsp3) is 0.474. The fourth-order valence-electron chi connectivity index (χ4n) is 2.66. The SMILES string of the molecule is CC(C)C[C@H](CO)Nc1nc(NS(C)(=O)=O)nc(SC(C)C(=O)c2ccccc2)n1. The molecule has 0 aliphatic heterocycles. The van der Waals surface area contributed by atoms with Gasteiger partial charge in [0.15, 0.2) is 10.9 Å². The van der Waals surface area contributed by atoms with E-state index in [1.54, 1.807) is 31.2 Å². The fourth-order valence-corrected chi connectivity index (χ4v) is 3.93. The summed E-state index contributed by atoms with van der Waals surface area (Å²) in [5.74, 6) is 0.194. The number of hydrogen-bond acceptors (Lipinski definition) is 9. The Bertz CT molecular complexity index is 955. The summed E-state index contributed by atoms with van der Waals surface area (Å²) in [7, 11) is -3.61. The first-order valence-electron chi connectivity index (χ1n) is 9.44. The number of aliphatic hydroxyl groups is 1. The number of carbonyl (C=O) groups is 1. The molecular weight excluding hydrogens is 426 g/mol. The molecule has 9 nitrogen and oxygen atoms in total. The van der Waals surface area contributed by atoms with E-state index < -0.39 is 15.3 Å². The van der Waals surface area contributed by atoms with Crippen LogP contribution in [0.1, 0.15) is 37.6 Å². The molecule has 1 aromatic carbocycles. The lowest BCUT2D eigenvalue weighted by atomic mass is 10.0. The maximum absolute atomic E-state index is 12.6. The third kappa shape index (κ3) is 7.88. The number of sulfonamides is 1. The predicted octanol–water partition coefficient (Wildman–Crippen LogP) is 2.43. The van der Waals surface area contributed by atoms with Gasteiger partial charge in [-0.05, 0) is 19.3 Å². The van der Waals surface area contributed by atoms with Crippen molar-refractivity contribution in [3.8, 4) is 0 Å². The zero-order valence-corrected chi connectivity index (χ0v) is 19.0. The van der Waals surface area contributed by atoms with Gasteiger partial charge in [-0.25, -0.2) is 8.42 Å². The van der Waals surface area contributed by atoms with E-state index in [0.29, 0.717) is 17.9 Å². The average molecular weight is 454 g/mol. The van der Waals surface area contributed by atoms with Gasteiger partial charge in [0.05, 0.1) is 24.2 Å². The molecule has 3 N–H and O–H groups in total. The summed E-state index contributed by atoms with van der Waals surface area (Å²) in [4.78, 5) is 25.2. The number of aliphatic hydroxyl groups excluding tert-OH is 1. The number of benzene rings is 1. The molecule has 11 heteroatoms. The van der Waals surface area contributed by atoms with Crippen LogP contribution >= 0.6 is 11.8 Å². The maximum Gasteiger partial charge on any atom is 0.242 e. The zero-order valence-electron chi connectivity index (χ0n) is 17.4. The molecular formula is C19H27N5O4S2. The number of thioether (sulfide) groups is 1. The molecule has 0 radical (unpaired) electrons. The number of hydrogen-bond donors (Lipinski definition) is 3. The number of nitrogens with one attached hydrogen (secondary N) is 2. The summed E-state index contributed by atoms with van der Waals surface area (Å²) in [5, 5.41) is 12.3. The minimum absolute atomic E-state index is 0.0961. The Labute approximate surface area is 181 Å². The highest BCUT2D eigenvalue weighted by molar-refractivity contribution is 8.00. The van der Waals surface area contributed by atoms with Gasteiger partial charge in [0.2, 0.25) is 21.9 Å². The largest absolute Gasteiger partial charge is 0.394 e. The molecule has 0 fully saturated rings. The second kappa shape index (κ2) is 10.7. The highest BCUT2D eigenvalue weighted by atomic mass is 32.2. The van der Waals surface area contributed by atoms with E-state index in [2.05, 4.69) is 25.0 Å². The number of aromatic nitrogens is 3. The standard InChI is InChI=1S/C19H27N5O4S2/c1-12(2)10-15(11-25)20-17-21-18(24-30(4,27)28)23-19(22-17)29-13(3)16(26)14-8-6-5-7-9-14/h5-9,12-13,15,25H,10-11H2,1-4H3,(H2,20,21,22,23,24)/t13?,15-/m1/s1. The number of rotatable bonds is 11. The molecule has 0 amide bonds. The Morgan fingerprint density at radius 2 is 1.73 bits per heavy atom. The van der Waals surface area contributed by atoms with Gasteiger partial charge in [-0.2, -0.15) is 15.0 Å². The normalized spacial score (nSPS) is 13.7. The number of carbonyl (C=O) groups excluding carboxylic acids is 1. The molecule has 2 atom stereocenters. The van der Waals surface area contributed by atoms with Crippen LogP contribution in [0.15, 0.2) is 35.5 Å². The van der Waals surface area contributed by atoms with Gasteiger partial charge < -0.3 is 10.4 Å². The van der Waals surface area contributed by atoms with Crippen LogP contribution < -0.4 is 10.0 Å². The van der Waals surface area contributed by atoms with Crippen LogP contribution in [0.4, 0.5) is 11.9 Å². The summed E-state index contributed by atoms with van der Waals surface area (Å²) < 4.78 is 25.5. The molecule has 0 aliphatic rings. The van der Waals surface area contributed by atoms with Gasteiger partial charge in [0.25, 0.3) is 0 Å². The van der Waals surface area contributed by atoms with Crippen molar-refractivity contribution in [3.05, 3.63) is 35.9 Å². The molecule has 1 unspecified atom stereocenters. The van der Waals surface area contributed by atoms with Crippen molar-refractivity contribution in [2.24, 2.45) is 5.92 Å². The molecule has 0 saturated heterocycles. The number of nitrogens with zero attached hydrogens (tertiary/aromatic N) is 3. The Kier molecular flexibility index (Phi) is 8.56. The van der Waals surface area contributed by atoms with Crippen molar-refractivity contribution < 1.29 is 18.3 Å². The topological polar surface area (TPSA) is 134 Å². The Morgan fingerprint density at radius 3 is 2.30 bits per heavy atom. The Balaban J connectivity index is 2.28. The third-order valence-corrected chi connectivity index (χ3v) is 5.43. The van der Waals surface area contributed by atoms with Gasteiger partial charge >= 0.3 is 0 Å². The second-order valence-corrected chi connectivity index (χ2v) is 10.3. The van der Waals surface area contributed by atoms with E-state index in [9.17, 15) is 18.3 Å². The van der Waals surface area contributed by atoms with E-state index in [1.165, 1.54) is 0 Å². The van der Waals surface area contributed by atoms with Crippen LogP contribution in [-0.2, 0) is 10.0 Å². The summed E-state index contributed by atoms with van der Waals surface area (Å²) in [6.45, 7) is 5.64. The molecule has 0 aliphatic carbocycles. The van der Waals surface area contributed by atoms with Crippen molar-refractivity contribution in [2.45, 2.75) is 43.6 Å². The molecule has 2 rings (SSSR count). The summed E-state index contributed by atoms with van der Waals surface area (Å²) in [6.07, 6.45) is 1.66. The molecule has 1 aromatic heterocycles. The number of ketones is 1. The monoisotopic (exact) mass is 453 g/mol. The summed E-state index contributed by atoms with van der Waals surface area (Å²) >= 11 is 1.10. The number of Topliss-reactive ketones (excluding diaryl/α,β-unsaturated/α-hetero) is 1. The quantitative estimate of drug-likeness (QED) is 0.346. The summed E-state index contributed by atoms with van der Waals surface area (Å²) in [5.41, 5.74) is 0.566. The van der Waals surface area contributed by atoms with E-state index in [0.717, 1.165) is 18.0 Å². The minimum Gasteiger partial charge on any atom is -0.394 e. The Hall–Kier alpha value is -2.24. The molecule has 0 spiro atoms. The van der Waals surface area contributed by atoms with E-state index >= 15 is 0 Å². The first-order valence-corrected chi connectivity index (χ1v) is 12.2. The lowest BCUT2D eigenvalue weighted by Crippen LogP contribution is -2.27. The first-order chi connectivity index (χ1) is 14.1. The highest BCUT2D eigenvalue weighted by Gasteiger charge is 2.20. The lowest BCUT2D eigenvalue weighted by Gasteiger charge is -2.19. The molecule has 164 valence electrons. The van der Waals surface area contributed by atoms with Crippen molar-refractivity contribution in [2.75, 3.05) is 22.9 Å². The molecule has 1 heterocycles.